The Kier molecular flexibility index (Phi) is 8.26. The molecular weight excluding hydrogens is 302 g/mol. The summed E-state index contributed by atoms with van der Waals surface area (Å²) in [5.74, 6) is 0.678. The summed E-state index contributed by atoms with van der Waals surface area (Å²) in [5.41, 5.74) is 6.77. The molecule has 0 radical (unpaired) electrons. The van der Waals surface area contributed by atoms with Crippen molar-refractivity contribution in [3.05, 3.63) is 24.3 Å². The number of hydrazine groups is 1. The van der Waals surface area contributed by atoms with Crippen LogP contribution in [0.15, 0.2) is 24.3 Å². The predicted octanol–water partition coefficient (Wildman–Crippen LogP) is 4.44. The van der Waals surface area contributed by atoms with Crippen LogP contribution in [0.3, 0.4) is 0 Å². The minimum Gasteiger partial charge on any atom is -0.435 e. The second-order valence-corrected chi connectivity index (χ2v) is 6.61. The standard InChI is InChI=1S/C17H28F2N2O2/c1-13(2)12-22-10-6-9-17(3,4)21-20-14-7-5-8-15(11-14)23-16(18)19/h5,7-8,11,13,16,20-21H,6,9-10,12H2,1-4H3. The number of alkyl halides is 2. The van der Waals surface area contributed by atoms with E-state index in [2.05, 4.69) is 43.3 Å². The maximum Gasteiger partial charge on any atom is 0.387 e. The van der Waals surface area contributed by atoms with Crippen molar-refractivity contribution in [2.75, 3.05) is 18.6 Å². The molecule has 0 aliphatic heterocycles. The molecule has 6 heteroatoms. The number of hydrogen-bond donors (Lipinski definition) is 2. The minimum atomic E-state index is -2.82. The van der Waals surface area contributed by atoms with E-state index in [9.17, 15) is 8.78 Å². The van der Waals surface area contributed by atoms with Crippen LogP contribution in [0.4, 0.5) is 14.5 Å². The Bertz CT molecular complexity index is 454. The van der Waals surface area contributed by atoms with Gasteiger partial charge in [-0.1, -0.05) is 19.9 Å². The molecule has 0 saturated heterocycles. The van der Waals surface area contributed by atoms with E-state index < -0.39 is 6.61 Å². The van der Waals surface area contributed by atoms with E-state index in [-0.39, 0.29) is 11.3 Å². The lowest BCUT2D eigenvalue weighted by Crippen LogP contribution is -2.43. The van der Waals surface area contributed by atoms with Crippen LogP contribution >= 0.6 is 0 Å². The van der Waals surface area contributed by atoms with E-state index in [1.807, 2.05) is 0 Å². The smallest absolute Gasteiger partial charge is 0.387 e. The third-order valence-corrected chi connectivity index (χ3v) is 3.15. The second kappa shape index (κ2) is 9.67. The number of anilines is 1. The maximum atomic E-state index is 12.2. The van der Waals surface area contributed by atoms with Crippen molar-refractivity contribution in [2.24, 2.45) is 5.92 Å². The predicted molar refractivity (Wildman–Crippen MR) is 88.8 cm³/mol. The molecule has 0 aliphatic rings. The zero-order valence-corrected chi connectivity index (χ0v) is 14.4. The molecule has 0 fully saturated rings. The van der Waals surface area contributed by atoms with Crippen LogP contribution in [-0.2, 0) is 4.74 Å². The van der Waals surface area contributed by atoms with Crippen LogP contribution in [0.2, 0.25) is 0 Å². The van der Waals surface area contributed by atoms with Crippen molar-refractivity contribution < 1.29 is 18.3 Å². The van der Waals surface area contributed by atoms with Crippen LogP contribution in [-0.4, -0.2) is 25.4 Å². The van der Waals surface area contributed by atoms with Gasteiger partial charge >= 0.3 is 6.61 Å². The van der Waals surface area contributed by atoms with Gasteiger partial charge in [-0.05, 0) is 44.7 Å². The summed E-state index contributed by atoms with van der Waals surface area (Å²) >= 11 is 0. The van der Waals surface area contributed by atoms with E-state index in [0.29, 0.717) is 11.6 Å². The molecule has 132 valence electrons. The highest BCUT2D eigenvalue weighted by Crippen LogP contribution is 2.20. The Labute approximate surface area is 137 Å². The van der Waals surface area contributed by atoms with E-state index in [4.69, 9.17) is 4.74 Å². The number of halogens is 2. The van der Waals surface area contributed by atoms with E-state index in [1.54, 1.807) is 12.1 Å². The van der Waals surface area contributed by atoms with Gasteiger partial charge in [-0.2, -0.15) is 8.78 Å². The number of nitrogens with one attached hydrogen (secondary N) is 2. The number of benzene rings is 1. The molecule has 1 aromatic carbocycles. The van der Waals surface area contributed by atoms with Gasteiger partial charge in [-0.3, -0.25) is 0 Å². The zero-order chi connectivity index (χ0) is 17.3. The van der Waals surface area contributed by atoms with Gasteiger partial charge in [-0.25, -0.2) is 5.43 Å². The first-order valence-electron chi connectivity index (χ1n) is 7.94. The summed E-state index contributed by atoms with van der Waals surface area (Å²) in [6.45, 7) is 7.09. The number of hydrogen-bond acceptors (Lipinski definition) is 4. The summed E-state index contributed by atoms with van der Waals surface area (Å²) in [4.78, 5) is 0. The molecule has 0 spiro atoms. The summed E-state index contributed by atoms with van der Waals surface area (Å²) in [6.07, 6.45) is 1.87. The van der Waals surface area contributed by atoms with Gasteiger partial charge in [-0.15, -0.1) is 0 Å². The Hall–Kier alpha value is -1.40. The monoisotopic (exact) mass is 330 g/mol. The van der Waals surface area contributed by atoms with E-state index in [1.165, 1.54) is 12.1 Å². The van der Waals surface area contributed by atoms with Crippen LogP contribution in [0.1, 0.15) is 40.5 Å². The molecule has 0 unspecified atom stereocenters. The number of rotatable bonds is 11. The molecule has 23 heavy (non-hydrogen) atoms. The summed E-state index contributed by atoms with van der Waals surface area (Å²) in [7, 11) is 0. The molecule has 1 aromatic rings. The SMILES string of the molecule is CC(C)COCCCC(C)(C)NNc1cccc(OC(F)F)c1. The van der Waals surface area contributed by atoms with Crippen molar-refractivity contribution in [1.29, 1.82) is 0 Å². The first-order valence-corrected chi connectivity index (χ1v) is 7.94. The van der Waals surface area contributed by atoms with Crippen LogP contribution < -0.4 is 15.6 Å². The van der Waals surface area contributed by atoms with Gasteiger partial charge < -0.3 is 14.9 Å². The van der Waals surface area contributed by atoms with Gasteiger partial charge in [0.25, 0.3) is 0 Å². The fourth-order valence-corrected chi connectivity index (χ4v) is 1.99. The summed E-state index contributed by atoms with van der Waals surface area (Å²) in [5, 5.41) is 0. The lowest BCUT2D eigenvalue weighted by Gasteiger charge is -2.27. The first-order chi connectivity index (χ1) is 10.8. The zero-order valence-electron chi connectivity index (χ0n) is 14.4. The Morgan fingerprint density at radius 1 is 1.22 bits per heavy atom. The highest BCUT2D eigenvalue weighted by Gasteiger charge is 2.16. The average Bonchev–Trinajstić information content (AvgIpc) is 2.44. The van der Waals surface area contributed by atoms with Crippen molar-refractivity contribution in [1.82, 2.24) is 5.43 Å². The van der Waals surface area contributed by atoms with Gasteiger partial charge in [0.1, 0.15) is 5.75 Å². The molecule has 0 aromatic heterocycles. The van der Waals surface area contributed by atoms with Crippen molar-refractivity contribution >= 4 is 5.69 Å². The van der Waals surface area contributed by atoms with Gasteiger partial charge in [0.05, 0.1) is 5.69 Å². The fraction of sp³-hybridized carbons (Fsp3) is 0.647. The topological polar surface area (TPSA) is 42.5 Å². The van der Waals surface area contributed by atoms with Gasteiger partial charge in [0.2, 0.25) is 0 Å². The molecule has 0 heterocycles. The van der Waals surface area contributed by atoms with Crippen LogP contribution in [0.25, 0.3) is 0 Å². The fourth-order valence-electron chi connectivity index (χ4n) is 1.99. The summed E-state index contributed by atoms with van der Waals surface area (Å²) in [6, 6.07) is 6.47. The van der Waals surface area contributed by atoms with Crippen molar-refractivity contribution in [3.8, 4) is 5.75 Å². The van der Waals surface area contributed by atoms with Crippen LogP contribution in [0.5, 0.6) is 5.75 Å². The quantitative estimate of drug-likeness (QED) is 0.465. The molecular formula is C17H28F2N2O2. The molecule has 4 nitrogen and oxygen atoms in total. The third kappa shape index (κ3) is 9.36. The normalized spacial score (nSPS) is 12.0. The number of ether oxygens (including phenoxy) is 2. The average molecular weight is 330 g/mol. The molecule has 0 saturated carbocycles. The highest BCUT2D eigenvalue weighted by atomic mass is 19.3. The van der Waals surface area contributed by atoms with Crippen molar-refractivity contribution in [3.63, 3.8) is 0 Å². The minimum absolute atomic E-state index is 0.131. The summed E-state index contributed by atoms with van der Waals surface area (Å²) < 4.78 is 34.4. The Morgan fingerprint density at radius 2 is 1.96 bits per heavy atom. The molecule has 0 amide bonds. The Balaban J connectivity index is 2.34. The first kappa shape index (κ1) is 19.6. The largest absolute Gasteiger partial charge is 0.435 e. The molecule has 0 bridgehead atoms. The van der Waals surface area contributed by atoms with E-state index >= 15 is 0 Å². The highest BCUT2D eigenvalue weighted by molar-refractivity contribution is 5.47. The van der Waals surface area contributed by atoms with Crippen molar-refractivity contribution in [2.45, 2.75) is 52.7 Å². The second-order valence-electron chi connectivity index (χ2n) is 6.61. The lowest BCUT2D eigenvalue weighted by atomic mass is 10.00. The van der Waals surface area contributed by atoms with E-state index in [0.717, 1.165) is 26.1 Å². The molecule has 0 atom stereocenters. The third-order valence-electron chi connectivity index (χ3n) is 3.15. The molecule has 0 aliphatic carbocycles. The van der Waals surface area contributed by atoms with Gasteiger partial charge in [0.15, 0.2) is 0 Å². The maximum absolute atomic E-state index is 12.2. The lowest BCUT2D eigenvalue weighted by molar-refractivity contribution is -0.0498. The Morgan fingerprint density at radius 3 is 2.61 bits per heavy atom. The molecule has 1 rings (SSSR count). The molecule has 2 N–H and O–H groups in total. The van der Waals surface area contributed by atoms with Crippen LogP contribution in [0, 0.1) is 5.92 Å². The van der Waals surface area contributed by atoms with Gasteiger partial charge in [0, 0.05) is 24.8 Å².